The summed E-state index contributed by atoms with van der Waals surface area (Å²) >= 11 is 5.98. The van der Waals surface area contributed by atoms with Gasteiger partial charge in [-0.25, -0.2) is 4.68 Å². The van der Waals surface area contributed by atoms with E-state index in [1.165, 1.54) is 6.20 Å². The summed E-state index contributed by atoms with van der Waals surface area (Å²) in [4.78, 5) is 5.91. The molecule has 0 N–H and O–H groups in total. The zero-order valence-electron chi connectivity index (χ0n) is 10.7. The highest BCUT2D eigenvalue weighted by atomic mass is 35.5. The second-order valence-electron chi connectivity index (χ2n) is 4.85. The lowest BCUT2D eigenvalue weighted by molar-refractivity contribution is 0.359. The van der Waals surface area contributed by atoms with Gasteiger partial charge in [-0.05, 0) is 32.4 Å². The van der Waals surface area contributed by atoms with E-state index < -0.39 is 0 Å². The first-order chi connectivity index (χ1) is 7.77. The molecule has 0 atom stereocenters. The Balaban J connectivity index is 3.36. The van der Waals surface area contributed by atoms with Crippen LogP contribution in [0.4, 0.5) is 5.82 Å². The number of nitriles is 1. The lowest BCUT2D eigenvalue weighted by Crippen LogP contribution is -2.23. The smallest absolute Gasteiger partial charge is 0.200 e. The lowest BCUT2D eigenvalue weighted by Gasteiger charge is -2.21. The fourth-order valence-corrected chi connectivity index (χ4v) is 1.29. The Kier molecular flexibility index (Phi) is 3.79. The second kappa shape index (κ2) is 4.76. The molecule has 0 saturated carbocycles. The average molecular weight is 254 g/mol. The summed E-state index contributed by atoms with van der Waals surface area (Å²) in [6.07, 6.45) is 1.50. The number of aliphatic imine (C=N–C) groups is 1. The van der Waals surface area contributed by atoms with E-state index in [-0.39, 0.29) is 5.54 Å². The molecule has 6 heteroatoms. The summed E-state index contributed by atoms with van der Waals surface area (Å²) < 4.78 is 1.69. The maximum atomic E-state index is 9.02. The minimum Gasteiger partial charge on any atom is -0.353 e. The van der Waals surface area contributed by atoms with Crippen LogP contribution in [0.1, 0.15) is 26.3 Å². The molecule has 0 aliphatic heterocycles. The molecule has 5 nitrogen and oxygen atoms in total. The van der Waals surface area contributed by atoms with Crippen LogP contribution < -0.4 is 0 Å². The molecule has 0 unspecified atom stereocenters. The van der Waals surface area contributed by atoms with Crippen LogP contribution in [0.5, 0.6) is 0 Å². The van der Waals surface area contributed by atoms with E-state index in [1.54, 1.807) is 23.7 Å². The minimum absolute atomic E-state index is 0.253. The summed E-state index contributed by atoms with van der Waals surface area (Å²) in [5.41, 5.74) is 0.164. The summed E-state index contributed by atoms with van der Waals surface area (Å²) in [6, 6.07) is 2.06. The van der Waals surface area contributed by atoms with Crippen LogP contribution in [0.2, 0.25) is 0 Å². The first-order valence-electron chi connectivity index (χ1n) is 5.17. The van der Waals surface area contributed by atoms with Crippen LogP contribution in [0.25, 0.3) is 0 Å². The van der Waals surface area contributed by atoms with Gasteiger partial charge in [-0.2, -0.15) is 15.4 Å². The number of rotatable bonds is 1. The SMILES string of the molecule is CN(C)/C(Cl)=N/c1c(C#N)cnn1C(C)(C)C. The Hall–Kier alpha value is -1.54. The summed E-state index contributed by atoms with van der Waals surface area (Å²) in [5, 5.41) is 13.5. The standard InChI is InChI=1S/C11H16ClN5/c1-11(2,3)17-9(8(6-13)7-14-17)15-10(12)16(4)5/h7H,1-5H3/b15-10+. The van der Waals surface area contributed by atoms with Gasteiger partial charge in [-0.3, -0.25) is 0 Å². The number of nitrogens with zero attached hydrogens (tertiary/aromatic N) is 5. The number of aromatic nitrogens is 2. The van der Waals surface area contributed by atoms with Crippen molar-refractivity contribution in [1.29, 1.82) is 5.26 Å². The fraction of sp³-hybridized carbons (Fsp3) is 0.545. The van der Waals surface area contributed by atoms with Crippen LogP contribution in [0.15, 0.2) is 11.2 Å². The zero-order valence-corrected chi connectivity index (χ0v) is 11.4. The molecule has 0 radical (unpaired) electrons. The summed E-state index contributed by atoms with van der Waals surface area (Å²) in [7, 11) is 3.57. The van der Waals surface area contributed by atoms with Gasteiger partial charge in [-0.1, -0.05) is 0 Å². The Labute approximate surface area is 106 Å². The Bertz CT molecular complexity index is 473. The van der Waals surface area contributed by atoms with Gasteiger partial charge in [0.25, 0.3) is 0 Å². The van der Waals surface area contributed by atoms with Crippen molar-refractivity contribution >= 4 is 22.7 Å². The molecule has 0 aromatic carbocycles. The van der Waals surface area contributed by atoms with Crippen molar-refractivity contribution in [1.82, 2.24) is 14.7 Å². The highest BCUT2D eigenvalue weighted by Crippen LogP contribution is 2.26. The predicted molar refractivity (Wildman–Crippen MR) is 68.6 cm³/mol. The van der Waals surface area contributed by atoms with Crippen molar-refractivity contribution in [2.75, 3.05) is 14.1 Å². The van der Waals surface area contributed by atoms with Gasteiger partial charge < -0.3 is 4.90 Å². The molecule has 0 saturated heterocycles. The van der Waals surface area contributed by atoms with Crippen LogP contribution >= 0.6 is 11.6 Å². The molecule has 17 heavy (non-hydrogen) atoms. The second-order valence-corrected chi connectivity index (χ2v) is 5.19. The maximum Gasteiger partial charge on any atom is 0.200 e. The average Bonchev–Trinajstić information content (AvgIpc) is 2.59. The van der Waals surface area contributed by atoms with Crippen LogP contribution in [-0.4, -0.2) is 34.1 Å². The molecule has 0 amide bonds. The highest BCUT2D eigenvalue weighted by molar-refractivity contribution is 6.64. The molecule has 0 bridgehead atoms. The lowest BCUT2D eigenvalue weighted by atomic mass is 10.1. The molecule has 1 rings (SSSR count). The Morgan fingerprint density at radius 3 is 2.53 bits per heavy atom. The largest absolute Gasteiger partial charge is 0.353 e. The summed E-state index contributed by atoms with van der Waals surface area (Å²) in [5.74, 6) is 0.485. The van der Waals surface area contributed by atoms with E-state index in [1.807, 2.05) is 20.8 Å². The molecular weight excluding hydrogens is 238 g/mol. The van der Waals surface area contributed by atoms with Gasteiger partial charge >= 0.3 is 0 Å². The molecule has 0 fully saturated rings. The topological polar surface area (TPSA) is 57.2 Å². The molecule has 1 heterocycles. The molecule has 0 aliphatic carbocycles. The normalized spacial score (nSPS) is 12.4. The van der Waals surface area contributed by atoms with Gasteiger partial charge in [0.15, 0.2) is 11.1 Å². The van der Waals surface area contributed by atoms with Crippen LogP contribution in [0, 0.1) is 11.3 Å². The van der Waals surface area contributed by atoms with E-state index in [2.05, 4.69) is 16.2 Å². The van der Waals surface area contributed by atoms with Gasteiger partial charge in [0.2, 0.25) is 0 Å². The van der Waals surface area contributed by atoms with E-state index in [0.29, 0.717) is 16.7 Å². The van der Waals surface area contributed by atoms with Crippen molar-refractivity contribution in [3.63, 3.8) is 0 Å². The van der Waals surface area contributed by atoms with Gasteiger partial charge in [0, 0.05) is 14.1 Å². The number of halogens is 1. The highest BCUT2D eigenvalue weighted by Gasteiger charge is 2.21. The van der Waals surface area contributed by atoms with Crippen molar-refractivity contribution in [3.05, 3.63) is 11.8 Å². The zero-order chi connectivity index (χ0) is 13.2. The molecule has 1 aromatic rings. The maximum absolute atomic E-state index is 9.02. The van der Waals surface area contributed by atoms with E-state index in [9.17, 15) is 0 Å². The fourth-order valence-electron chi connectivity index (χ4n) is 1.21. The van der Waals surface area contributed by atoms with Gasteiger partial charge in [0.05, 0.1) is 11.7 Å². The predicted octanol–water partition coefficient (Wildman–Crippen LogP) is 2.30. The third-order valence-electron chi connectivity index (χ3n) is 2.07. The third-order valence-corrected chi connectivity index (χ3v) is 2.49. The molecule has 1 aromatic heterocycles. The van der Waals surface area contributed by atoms with Crippen molar-refractivity contribution < 1.29 is 0 Å². The number of hydrogen-bond donors (Lipinski definition) is 0. The Morgan fingerprint density at radius 1 is 1.53 bits per heavy atom. The van der Waals surface area contributed by atoms with Crippen molar-refractivity contribution in [2.45, 2.75) is 26.3 Å². The third kappa shape index (κ3) is 2.98. The number of amidine groups is 1. The van der Waals surface area contributed by atoms with E-state index >= 15 is 0 Å². The minimum atomic E-state index is -0.253. The molecule has 92 valence electrons. The quantitative estimate of drug-likeness (QED) is 0.438. The first-order valence-corrected chi connectivity index (χ1v) is 5.55. The van der Waals surface area contributed by atoms with Gasteiger partial charge in [0.1, 0.15) is 11.6 Å². The monoisotopic (exact) mass is 253 g/mol. The molecule has 0 aliphatic rings. The molecule has 0 spiro atoms. The Morgan fingerprint density at radius 2 is 2.12 bits per heavy atom. The summed E-state index contributed by atoms with van der Waals surface area (Å²) in [6.45, 7) is 5.97. The number of hydrogen-bond acceptors (Lipinski definition) is 3. The van der Waals surface area contributed by atoms with Crippen molar-refractivity contribution in [2.24, 2.45) is 4.99 Å². The first kappa shape index (κ1) is 13.5. The van der Waals surface area contributed by atoms with Crippen LogP contribution in [-0.2, 0) is 5.54 Å². The van der Waals surface area contributed by atoms with Gasteiger partial charge in [-0.15, -0.1) is 0 Å². The van der Waals surface area contributed by atoms with E-state index in [0.717, 1.165) is 0 Å². The van der Waals surface area contributed by atoms with Crippen molar-refractivity contribution in [3.8, 4) is 6.07 Å². The van der Waals surface area contributed by atoms with E-state index in [4.69, 9.17) is 16.9 Å². The molecular formula is C11H16ClN5. The van der Waals surface area contributed by atoms with Crippen LogP contribution in [0.3, 0.4) is 0 Å².